The molecule has 0 saturated heterocycles. The SMILES string of the molecule is CC1CCc2oncc2C1. The quantitative estimate of drug-likeness (QED) is 0.545. The molecule has 1 aromatic heterocycles. The van der Waals surface area contributed by atoms with Crippen molar-refractivity contribution >= 4 is 0 Å². The Hall–Kier alpha value is -0.790. The maximum atomic E-state index is 5.05. The standard InChI is InChI=1S/C8H11NO/c1-6-2-3-8-7(4-6)5-9-10-8/h5-6H,2-4H2,1H3. The van der Waals surface area contributed by atoms with Crippen LogP contribution < -0.4 is 0 Å². The Balaban J connectivity index is 2.30. The van der Waals surface area contributed by atoms with Crippen molar-refractivity contribution < 1.29 is 4.52 Å². The maximum Gasteiger partial charge on any atom is 0.139 e. The van der Waals surface area contributed by atoms with Crippen molar-refractivity contribution in [2.75, 3.05) is 0 Å². The first kappa shape index (κ1) is 5.96. The van der Waals surface area contributed by atoms with Gasteiger partial charge in [-0.3, -0.25) is 0 Å². The van der Waals surface area contributed by atoms with E-state index in [9.17, 15) is 0 Å². The molecule has 0 saturated carbocycles. The van der Waals surface area contributed by atoms with E-state index in [0.717, 1.165) is 24.5 Å². The molecule has 0 aliphatic heterocycles. The van der Waals surface area contributed by atoms with E-state index in [1.807, 2.05) is 6.20 Å². The molecule has 0 fully saturated rings. The average Bonchev–Trinajstić information content (AvgIpc) is 2.33. The molecule has 1 atom stereocenters. The molecule has 1 unspecified atom stereocenters. The minimum Gasteiger partial charge on any atom is -0.361 e. The largest absolute Gasteiger partial charge is 0.361 e. The zero-order chi connectivity index (χ0) is 6.97. The van der Waals surface area contributed by atoms with E-state index in [4.69, 9.17) is 4.52 Å². The second-order valence-electron chi connectivity index (χ2n) is 3.12. The first-order valence-electron chi connectivity index (χ1n) is 3.78. The molecular formula is C8H11NO. The summed E-state index contributed by atoms with van der Waals surface area (Å²) in [6.07, 6.45) is 5.34. The monoisotopic (exact) mass is 137 g/mol. The molecule has 1 aromatic rings. The smallest absolute Gasteiger partial charge is 0.139 e. The first-order chi connectivity index (χ1) is 4.86. The lowest BCUT2D eigenvalue weighted by Gasteiger charge is -2.14. The Kier molecular flexibility index (Phi) is 1.26. The van der Waals surface area contributed by atoms with Gasteiger partial charge < -0.3 is 4.52 Å². The fraction of sp³-hybridized carbons (Fsp3) is 0.625. The van der Waals surface area contributed by atoms with Gasteiger partial charge in [0.2, 0.25) is 0 Å². The number of hydrogen-bond acceptors (Lipinski definition) is 2. The zero-order valence-corrected chi connectivity index (χ0v) is 6.13. The Morgan fingerprint density at radius 3 is 3.50 bits per heavy atom. The highest BCUT2D eigenvalue weighted by atomic mass is 16.5. The highest BCUT2D eigenvalue weighted by molar-refractivity contribution is 5.16. The fourth-order valence-electron chi connectivity index (χ4n) is 1.51. The summed E-state index contributed by atoms with van der Waals surface area (Å²) >= 11 is 0. The number of hydrogen-bond donors (Lipinski definition) is 0. The number of fused-ring (bicyclic) bond motifs is 1. The van der Waals surface area contributed by atoms with E-state index in [1.54, 1.807) is 0 Å². The number of aromatic nitrogens is 1. The van der Waals surface area contributed by atoms with Gasteiger partial charge in [-0.05, 0) is 18.8 Å². The zero-order valence-electron chi connectivity index (χ0n) is 6.13. The molecule has 0 bridgehead atoms. The van der Waals surface area contributed by atoms with E-state index in [2.05, 4.69) is 12.1 Å². The second-order valence-corrected chi connectivity index (χ2v) is 3.12. The Bertz CT molecular complexity index is 229. The maximum absolute atomic E-state index is 5.05. The summed E-state index contributed by atoms with van der Waals surface area (Å²) in [7, 11) is 0. The van der Waals surface area contributed by atoms with Crippen LogP contribution in [0, 0.1) is 5.92 Å². The van der Waals surface area contributed by atoms with Gasteiger partial charge in [0.15, 0.2) is 0 Å². The molecule has 1 heterocycles. The molecule has 1 aliphatic rings. The van der Waals surface area contributed by atoms with Crippen LogP contribution in [0.3, 0.4) is 0 Å². The van der Waals surface area contributed by atoms with Gasteiger partial charge in [-0.1, -0.05) is 12.1 Å². The van der Waals surface area contributed by atoms with Gasteiger partial charge in [0.05, 0.1) is 6.20 Å². The van der Waals surface area contributed by atoms with Crippen molar-refractivity contribution in [3.63, 3.8) is 0 Å². The van der Waals surface area contributed by atoms with Gasteiger partial charge in [0.25, 0.3) is 0 Å². The molecule has 0 spiro atoms. The van der Waals surface area contributed by atoms with Crippen LogP contribution >= 0.6 is 0 Å². The predicted octanol–water partition coefficient (Wildman–Crippen LogP) is 1.80. The summed E-state index contributed by atoms with van der Waals surface area (Å²) in [5, 5.41) is 3.76. The normalized spacial score (nSPS) is 24.3. The first-order valence-corrected chi connectivity index (χ1v) is 3.78. The molecule has 0 N–H and O–H groups in total. The van der Waals surface area contributed by atoms with E-state index < -0.39 is 0 Å². The minimum atomic E-state index is 0.812. The van der Waals surface area contributed by atoms with Crippen molar-refractivity contribution in [1.29, 1.82) is 0 Å². The lowest BCUT2D eigenvalue weighted by molar-refractivity contribution is 0.356. The minimum absolute atomic E-state index is 0.812. The molecule has 10 heavy (non-hydrogen) atoms. The van der Waals surface area contributed by atoms with E-state index in [1.165, 1.54) is 12.0 Å². The lowest BCUT2D eigenvalue weighted by atomic mass is 9.90. The van der Waals surface area contributed by atoms with Crippen LogP contribution in [-0.2, 0) is 12.8 Å². The van der Waals surface area contributed by atoms with Crippen LogP contribution in [0.4, 0.5) is 0 Å². The highest BCUT2D eigenvalue weighted by Gasteiger charge is 2.17. The molecule has 2 rings (SSSR count). The molecule has 2 heteroatoms. The molecule has 0 amide bonds. The third-order valence-electron chi connectivity index (χ3n) is 2.16. The summed E-state index contributed by atoms with van der Waals surface area (Å²) in [6, 6.07) is 0. The van der Waals surface area contributed by atoms with Crippen LogP contribution in [0.2, 0.25) is 0 Å². The lowest BCUT2D eigenvalue weighted by Crippen LogP contribution is -2.08. The summed E-state index contributed by atoms with van der Waals surface area (Å²) in [6.45, 7) is 2.27. The van der Waals surface area contributed by atoms with Crippen molar-refractivity contribution in [2.24, 2.45) is 5.92 Å². The van der Waals surface area contributed by atoms with Crippen molar-refractivity contribution in [3.8, 4) is 0 Å². The van der Waals surface area contributed by atoms with Gasteiger partial charge in [0, 0.05) is 12.0 Å². The van der Waals surface area contributed by atoms with Gasteiger partial charge in [-0.2, -0.15) is 0 Å². The Morgan fingerprint density at radius 2 is 2.60 bits per heavy atom. The second kappa shape index (κ2) is 2.11. The van der Waals surface area contributed by atoms with Gasteiger partial charge >= 0.3 is 0 Å². The predicted molar refractivity (Wildman–Crippen MR) is 37.7 cm³/mol. The Labute approximate surface area is 60.2 Å². The van der Waals surface area contributed by atoms with Gasteiger partial charge in [-0.15, -0.1) is 0 Å². The number of rotatable bonds is 0. The van der Waals surface area contributed by atoms with E-state index in [-0.39, 0.29) is 0 Å². The fourth-order valence-corrected chi connectivity index (χ4v) is 1.51. The van der Waals surface area contributed by atoms with Crippen molar-refractivity contribution in [1.82, 2.24) is 5.16 Å². The molecule has 0 radical (unpaired) electrons. The molecule has 0 aromatic carbocycles. The third kappa shape index (κ3) is 0.838. The summed E-state index contributed by atoms with van der Waals surface area (Å²) < 4.78 is 5.05. The van der Waals surface area contributed by atoms with E-state index >= 15 is 0 Å². The van der Waals surface area contributed by atoms with Crippen LogP contribution in [-0.4, -0.2) is 5.16 Å². The van der Waals surface area contributed by atoms with Crippen molar-refractivity contribution in [3.05, 3.63) is 17.5 Å². The Morgan fingerprint density at radius 1 is 1.70 bits per heavy atom. The summed E-state index contributed by atoms with van der Waals surface area (Å²) in [5.41, 5.74) is 1.32. The topological polar surface area (TPSA) is 26.0 Å². The number of aryl methyl sites for hydroxylation is 1. The van der Waals surface area contributed by atoms with Gasteiger partial charge in [-0.25, -0.2) is 0 Å². The molecule has 1 aliphatic carbocycles. The van der Waals surface area contributed by atoms with Crippen molar-refractivity contribution in [2.45, 2.75) is 26.2 Å². The van der Waals surface area contributed by atoms with Crippen LogP contribution in [0.25, 0.3) is 0 Å². The van der Waals surface area contributed by atoms with Crippen LogP contribution in [0.15, 0.2) is 10.7 Å². The van der Waals surface area contributed by atoms with Crippen LogP contribution in [0.5, 0.6) is 0 Å². The molecule has 54 valence electrons. The average molecular weight is 137 g/mol. The molecule has 2 nitrogen and oxygen atoms in total. The summed E-state index contributed by atoms with van der Waals surface area (Å²) in [4.78, 5) is 0. The highest BCUT2D eigenvalue weighted by Crippen LogP contribution is 2.24. The third-order valence-corrected chi connectivity index (χ3v) is 2.16. The number of nitrogens with zero attached hydrogens (tertiary/aromatic N) is 1. The summed E-state index contributed by atoms with van der Waals surface area (Å²) in [5.74, 6) is 1.92. The van der Waals surface area contributed by atoms with Crippen LogP contribution in [0.1, 0.15) is 24.7 Å². The van der Waals surface area contributed by atoms with Gasteiger partial charge in [0.1, 0.15) is 5.76 Å². The van der Waals surface area contributed by atoms with E-state index in [0.29, 0.717) is 0 Å². The molecular weight excluding hydrogens is 126 g/mol.